The van der Waals surface area contributed by atoms with Gasteiger partial charge < -0.3 is 11.5 Å². The first-order valence-electron chi connectivity index (χ1n) is 5.88. The predicted molar refractivity (Wildman–Crippen MR) is 73.3 cm³/mol. The number of hydrogen-bond donors (Lipinski definition) is 2. The van der Waals surface area contributed by atoms with Crippen LogP contribution in [0.4, 0.5) is 11.4 Å². The maximum atomic E-state index is 12.5. The number of rotatable bonds is 0. The molecule has 0 bridgehead atoms. The Morgan fingerprint density at radius 3 is 2.26 bits per heavy atom. The topological polar surface area (TPSA) is 86.2 Å². The van der Waals surface area contributed by atoms with E-state index in [-0.39, 0.29) is 11.6 Å². The summed E-state index contributed by atoms with van der Waals surface area (Å²) in [6.45, 7) is 1.81. The number of carbonyl (C=O) groups excluding carboxylic acids is 2. The molecule has 0 amide bonds. The van der Waals surface area contributed by atoms with Gasteiger partial charge in [-0.2, -0.15) is 0 Å². The van der Waals surface area contributed by atoms with Gasteiger partial charge in [-0.3, -0.25) is 9.59 Å². The van der Waals surface area contributed by atoms with Gasteiger partial charge in [0.05, 0.1) is 5.56 Å². The minimum Gasteiger partial charge on any atom is -0.399 e. The third-order valence-electron chi connectivity index (χ3n) is 3.47. The highest BCUT2D eigenvalue weighted by molar-refractivity contribution is 6.30. The summed E-state index contributed by atoms with van der Waals surface area (Å²) in [5, 5.41) is 0. The van der Waals surface area contributed by atoms with Crippen molar-refractivity contribution in [3.8, 4) is 0 Å². The molecular formula is C15H12N2O2. The van der Waals surface area contributed by atoms with E-state index >= 15 is 0 Å². The summed E-state index contributed by atoms with van der Waals surface area (Å²) in [6.07, 6.45) is 0. The lowest BCUT2D eigenvalue weighted by Crippen LogP contribution is -2.23. The van der Waals surface area contributed by atoms with Gasteiger partial charge in [0, 0.05) is 28.1 Å². The first-order chi connectivity index (χ1) is 9.00. The average Bonchev–Trinajstić information content (AvgIpc) is 2.39. The highest BCUT2D eigenvalue weighted by Gasteiger charge is 2.31. The number of carbonyl (C=O) groups is 2. The molecular weight excluding hydrogens is 240 g/mol. The minimum absolute atomic E-state index is 0.184. The van der Waals surface area contributed by atoms with Gasteiger partial charge in [-0.25, -0.2) is 0 Å². The second-order valence-corrected chi connectivity index (χ2v) is 4.68. The van der Waals surface area contributed by atoms with E-state index in [1.807, 2.05) is 6.92 Å². The van der Waals surface area contributed by atoms with Crippen molar-refractivity contribution in [2.45, 2.75) is 6.92 Å². The van der Waals surface area contributed by atoms with E-state index in [2.05, 4.69) is 0 Å². The normalized spacial score (nSPS) is 13.1. The van der Waals surface area contributed by atoms with Gasteiger partial charge in [0.15, 0.2) is 11.6 Å². The Morgan fingerprint density at radius 2 is 1.53 bits per heavy atom. The van der Waals surface area contributed by atoms with E-state index in [0.717, 1.165) is 5.56 Å². The first kappa shape index (κ1) is 11.5. The summed E-state index contributed by atoms with van der Waals surface area (Å²) < 4.78 is 0. The molecule has 2 aromatic carbocycles. The highest BCUT2D eigenvalue weighted by Crippen LogP contribution is 2.33. The van der Waals surface area contributed by atoms with Crippen LogP contribution in [-0.4, -0.2) is 11.6 Å². The quantitative estimate of drug-likeness (QED) is 0.598. The molecule has 19 heavy (non-hydrogen) atoms. The van der Waals surface area contributed by atoms with Crippen LogP contribution in [0.25, 0.3) is 0 Å². The van der Waals surface area contributed by atoms with E-state index in [4.69, 9.17) is 11.5 Å². The molecule has 0 saturated carbocycles. The number of ketones is 2. The van der Waals surface area contributed by atoms with Gasteiger partial charge in [0.25, 0.3) is 0 Å². The maximum Gasteiger partial charge on any atom is 0.196 e. The van der Waals surface area contributed by atoms with Crippen molar-refractivity contribution in [3.63, 3.8) is 0 Å². The molecule has 0 atom stereocenters. The van der Waals surface area contributed by atoms with Crippen LogP contribution in [0.2, 0.25) is 0 Å². The molecule has 0 radical (unpaired) electrons. The number of fused-ring (bicyclic) bond motifs is 2. The Hall–Kier alpha value is -2.62. The molecule has 2 aromatic rings. The molecule has 4 heteroatoms. The van der Waals surface area contributed by atoms with Crippen LogP contribution in [0, 0.1) is 6.92 Å². The van der Waals surface area contributed by atoms with Crippen LogP contribution in [0.1, 0.15) is 37.4 Å². The van der Waals surface area contributed by atoms with Crippen molar-refractivity contribution in [1.82, 2.24) is 0 Å². The van der Waals surface area contributed by atoms with Crippen molar-refractivity contribution in [1.29, 1.82) is 0 Å². The lowest BCUT2D eigenvalue weighted by atomic mass is 9.82. The fourth-order valence-electron chi connectivity index (χ4n) is 2.39. The van der Waals surface area contributed by atoms with Gasteiger partial charge in [0.2, 0.25) is 0 Å². The number of anilines is 2. The van der Waals surface area contributed by atoms with Crippen molar-refractivity contribution < 1.29 is 9.59 Å². The minimum atomic E-state index is -0.238. The number of nitrogen functional groups attached to an aromatic ring is 2. The van der Waals surface area contributed by atoms with Gasteiger partial charge >= 0.3 is 0 Å². The second-order valence-electron chi connectivity index (χ2n) is 4.68. The Kier molecular flexibility index (Phi) is 2.22. The molecule has 1 aliphatic rings. The average molecular weight is 252 g/mol. The molecule has 0 aliphatic heterocycles. The van der Waals surface area contributed by atoms with E-state index < -0.39 is 0 Å². The molecule has 0 fully saturated rings. The molecule has 94 valence electrons. The van der Waals surface area contributed by atoms with Crippen molar-refractivity contribution in [2.24, 2.45) is 0 Å². The molecule has 1 aliphatic carbocycles. The lowest BCUT2D eigenvalue weighted by Gasteiger charge is -2.20. The Labute approximate surface area is 110 Å². The van der Waals surface area contributed by atoms with E-state index in [0.29, 0.717) is 33.6 Å². The Balaban J connectivity index is 2.36. The molecule has 0 spiro atoms. The summed E-state index contributed by atoms with van der Waals surface area (Å²) in [7, 11) is 0. The van der Waals surface area contributed by atoms with Crippen LogP contribution >= 0.6 is 0 Å². The van der Waals surface area contributed by atoms with E-state index in [1.54, 1.807) is 24.3 Å². The summed E-state index contributed by atoms with van der Waals surface area (Å²) in [4.78, 5) is 24.9. The largest absolute Gasteiger partial charge is 0.399 e. The van der Waals surface area contributed by atoms with Crippen LogP contribution in [-0.2, 0) is 0 Å². The summed E-state index contributed by atoms with van der Waals surface area (Å²) in [5.41, 5.74) is 14.6. The van der Waals surface area contributed by atoms with Crippen molar-refractivity contribution >= 4 is 22.9 Å². The number of nitrogens with two attached hydrogens (primary N) is 2. The van der Waals surface area contributed by atoms with Crippen molar-refractivity contribution in [2.75, 3.05) is 11.5 Å². The summed E-state index contributed by atoms with van der Waals surface area (Å²) in [5.74, 6) is -0.422. The SMILES string of the molecule is Cc1ccc2c(c1N)C(=O)c1cc(N)ccc1C2=O. The van der Waals surface area contributed by atoms with Crippen LogP contribution < -0.4 is 11.5 Å². The molecule has 0 heterocycles. The Bertz CT molecular complexity index is 748. The molecule has 3 rings (SSSR count). The zero-order valence-corrected chi connectivity index (χ0v) is 10.4. The monoisotopic (exact) mass is 252 g/mol. The Morgan fingerprint density at radius 1 is 0.842 bits per heavy atom. The molecule has 0 unspecified atom stereocenters. The zero-order chi connectivity index (χ0) is 13.7. The molecule has 0 aromatic heterocycles. The van der Waals surface area contributed by atoms with Gasteiger partial charge in [0.1, 0.15) is 0 Å². The fraction of sp³-hybridized carbons (Fsp3) is 0.0667. The number of hydrogen-bond acceptors (Lipinski definition) is 4. The molecule has 4 N–H and O–H groups in total. The maximum absolute atomic E-state index is 12.5. The van der Waals surface area contributed by atoms with Gasteiger partial charge in [-0.1, -0.05) is 6.07 Å². The van der Waals surface area contributed by atoms with Crippen LogP contribution in [0.3, 0.4) is 0 Å². The van der Waals surface area contributed by atoms with E-state index in [9.17, 15) is 9.59 Å². The predicted octanol–water partition coefficient (Wildman–Crippen LogP) is 1.93. The molecule has 4 nitrogen and oxygen atoms in total. The zero-order valence-electron chi connectivity index (χ0n) is 10.4. The number of benzene rings is 2. The summed E-state index contributed by atoms with van der Waals surface area (Å²) >= 11 is 0. The van der Waals surface area contributed by atoms with E-state index in [1.165, 1.54) is 6.07 Å². The third kappa shape index (κ3) is 1.46. The second kappa shape index (κ2) is 3.68. The van der Waals surface area contributed by atoms with Gasteiger partial charge in [-0.15, -0.1) is 0 Å². The summed E-state index contributed by atoms with van der Waals surface area (Å²) in [6, 6.07) is 8.14. The first-order valence-corrected chi connectivity index (χ1v) is 5.88. The van der Waals surface area contributed by atoms with Crippen molar-refractivity contribution in [3.05, 3.63) is 58.1 Å². The third-order valence-corrected chi connectivity index (χ3v) is 3.47. The standard InChI is InChI=1S/C15H12N2O2/c1-7-2-4-10-12(13(7)17)15(19)11-6-8(16)3-5-9(11)14(10)18/h2-6H,16-17H2,1H3. The molecule has 0 saturated heterocycles. The van der Waals surface area contributed by atoms with Gasteiger partial charge in [-0.05, 0) is 36.8 Å². The van der Waals surface area contributed by atoms with Crippen LogP contribution in [0.5, 0.6) is 0 Å². The lowest BCUT2D eigenvalue weighted by molar-refractivity contribution is 0.0979. The highest BCUT2D eigenvalue weighted by atomic mass is 16.1. The number of aryl methyl sites for hydroxylation is 1. The smallest absolute Gasteiger partial charge is 0.196 e. The van der Waals surface area contributed by atoms with Crippen LogP contribution in [0.15, 0.2) is 30.3 Å². The fourth-order valence-corrected chi connectivity index (χ4v) is 2.39.